The molecule has 1 aromatic heterocycles. The van der Waals surface area contributed by atoms with Crippen molar-refractivity contribution in [1.29, 1.82) is 0 Å². The third-order valence-electron chi connectivity index (χ3n) is 2.73. The van der Waals surface area contributed by atoms with Crippen LogP contribution in [0.15, 0.2) is 30.5 Å². The smallest absolute Gasteiger partial charge is 0.354 e. The zero-order valence-corrected chi connectivity index (χ0v) is 10.7. The number of benzene rings is 1. The van der Waals surface area contributed by atoms with E-state index in [-0.39, 0.29) is 12.3 Å². The van der Waals surface area contributed by atoms with Crippen LogP contribution in [0.5, 0.6) is 11.5 Å². The summed E-state index contributed by atoms with van der Waals surface area (Å²) < 4.78 is 12.1. The fraction of sp³-hybridized carbons (Fsp3) is 0.231. The van der Waals surface area contributed by atoms with E-state index >= 15 is 0 Å². The van der Waals surface area contributed by atoms with Crippen molar-refractivity contribution in [2.24, 2.45) is 7.05 Å². The number of methoxy groups -OCH3 is 1. The van der Waals surface area contributed by atoms with Gasteiger partial charge in [-0.3, -0.25) is 0 Å². The van der Waals surface area contributed by atoms with Crippen LogP contribution in [0.4, 0.5) is 0 Å². The quantitative estimate of drug-likeness (QED) is 0.887. The Morgan fingerprint density at radius 1 is 1.32 bits per heavy atom. The lowest BCUT2D eigenvalue weighted by molar-refractivity contribution is 0.0686. The summed E-state index contributed by atoms with van der Waals surface area (Å²) in [6.45, 7) is 0.204. The summed E-state index contributed by atoms with van der Waals surface area (Å²) in [6, 6.07) is 7.13. The largest absolute Gasteiger partial charge is 0.497 e. The maximum absolute atomic E-state index is 10.9. The van der Waals surface area contributed by atoms with E-state index in [0.717, 1.165) is 5.75 Å². The van der Waals surface area contributed by atoms with Crippen LogP contribution >= 0.6 is 0 Å². The van der Waals surface area contributed by atoms with Crippen molar-refractivity contribution in [3.63, 3.8) is 0 Å². The monoisotopic (exact) mass is 262 g/mol. The number of ether oxygens (including phenoxy) is 2. The van der Waals surface area contributed by atoms with Gasteiger partial charge in [-0.2, -0.15) is 0 Å². The molecule has 2 aromatic rings. The van der Waals surface area contributed by atoms with E-state index in [4.69, 9.17) is 14.6 Å². The van der Waals surface area contributed by atoms with Gasteiger partial charge in [0, 0.05) is 7.05 Å². The van der Waals surface area contributed by atoms with Crippen molar-refractivity contribution < 1.29 is 19.4 Å². The highest BCUT2D eigenvalue weighted by molar-refractivity contribution is 5.85. The summed E-state index contributed by atoms with van der Waals surface area (Å²) in [5.74, 6) is 0.956. The first-order valence-electron chi connectivity index (χ1n) is 5.62. The second-order valence-corrected chi connectivity index (χ2v) is 3.89. The molecule has 0 radical (unpaired) electrons. The third kappa shape index (κ3) is 2.85. The summed E-state index contributed by atoms with van der Waals surface area (Å²) in [6.07, 6.45) is 1.31. The number of imidazole rings is 1. The molecular weight excluding hydrogens is 248 g/mol. The van der Waals surface area contributed by atoms with Gasteiger partial charge in [-0.25, -0.2) is 9.78 Å². The van der Waals surface area contributed by atoms with Crippen molar-refractivity contribution in [2.75, 3.05) is 7.11 Å². The van der Waals surface area contributed by atoms with Crippen LogP contribution < -0.4 is 9.47 Å². The van der Waals surface area contributed by atoms with Crippen LogP contribution in [0, 0.1) is 0 Å². The van der Waals surface area contributed by atoms with Crippen molar-refractivity contribution in [3.8, 4) is 11.5 Å². The molecule has 0 amide bonds. The standard InChI is InChI=1S/C13H14N2O4/c1-15-11(13(16)17)7-14-12(15)8-19-10-5-3-9(18-2)4-6-10/h3-7H,8H2,1-2H3,(H,16,17). The average molecular weight is 262 g/mol. The molecule has 0 aliphatic rings. The first-order chi connectivity index (χ1) is 9.11. The highest BCUT2D eigenvalue weighted by atomic mass is 16.5. The van der Waals surface area contributed by atoms with Gasteiger partial charge in [0.15, 0.2) is 0 Å². The lowest BCUT2D eigenvalue weighted by atomic mass is 10.3. The minimum absolute atomic E-state index is 0.133. The minimum Gasteiger partial charge on any atom is -0.497 e. The van der Waals surface area contributed by atoms with Gasteiger partial charge < -0.3 is 19.1 Å². The number of carboxylic acid groups (broad SMARTS) is 1. The van der Waals surface area contributed by atoms with Gasteiger partial charge in [-0.1, -0.05) is 0 Å². The lowest BCUT2D eigenvalue weighted by Crippen LogP contribution is -2.09. The van der Waals surface area contributed by atoms with E-state index in [9.17, 15) is 4.79 Å². The molecule has 0 unspecified atom stereocenters. The number of nitrogens with zero attached hydrogens (tertiary/aromatic N) is 2. The predicted octanol–water partition coefficient (Wildman–Crippen LogP) is 1.71. The van der Waals surface area contributed by atoms with Crippen LogP contribution in [0.3, 0.4) is 0 Å². The molecule has 0 bridgehead atoms. The number of aromatic carboxylic acids is 1. The Hall–Kier alpha value is -2.50. The molecule has 0 fully saturated rings. The van der Waals surface area contributed by atoms with Gasteiger partial charge in [-0.05, 0) is 24.3 Å². The highest BCUT2D eigenvalue weighted by Crippen LogP contribution is 2.18. The van der Waals surface area contributed by atoms with E-state index in [0.29, 0.717) is 11.6 Å². The molecule has 0 saturated carbocycles. The van der Waals surface area contributed by atoms with Crippen molar-refractivity contribution in [2.45, 2.75) is 6.61 Å². The second kappa shape index (κ2) is 5.43. The Morgan fingerprint density at radius 3 is 2.47 bits per heavy atom. The molecule has 1 heterocycles. The van der Waals surface area contributed by atoms with E-state index < -0.39 is 5.97 Å². The molecule has 1 N–H and O–H groups in total. The summed E-state index contributed by atoms with van der Waals surface area (Å²) in [5.41, 5.74) is 0.133. The van der Waals surface area contributed by atoms with Crippen LogP contribution in [0.1, 0.15) is 16.3 Å². The zero-order valence-electron chi connectivity index (χ0n) is 10.7. The van der Waals surface area contributed by atoms with E-state index in [1.54, 1.807) is 38.4 Å². The van der Waals surface area contributed by atoms with E-state index in [1.807, 2.05) is 0 Å². The Kier molecular flexibility index (Phi) is 3.70. The van der Waals surface area contributed by atoms with Crippen LogP contribution in [0.2, 0.25) is 0 Å². The van der Waals surface area contributed by atoms with Gasteiger partial charge in [0.2, 0.25) is 0 Å². The van der Waals surface area contributed by atoms with Gasteiger partial charge in [0.1, 0.15) is 29.6 Å². The van der Waals surface area contributed by atoms with Crippen LogP contribution in [-0.2, 0) is 13.7 Å². The molecule has 0 aliphatic carbocycles. The van der Waals surface area contributed by atoms with Crippen LogP contribution in [-0.4, -0.2) is 27.7 Å². The topological polar surface area (TPSA) is 73.6 Å². The van der Waals surface area contributed by atoms with E-state index in [2.05, 4.69) is 4.98 Å². The molecule has 6 heteroatoms. The SMILES string of the molecule is COc1ccc(OCc2ncc(C(=O)O)n2C)cc1. The van der Waals surface area contributed by atoms with Crippen molar-refractivity contribution in [1.82, 2.24) is 9.55 Å². The van der Waals surface area contributed by atoms with E-state index in [1.165, 1.54) is 10.8 Å². The molecule has 6 nitrogen and oxygen atoms in total. The Morgan fingerprint density at radius 2 is 1.95 bits per heavy atom. The van der Waals surface area contributed by atoms with Gasteiger partial charge in [-0.15, -0.1) is 0 Å². The molecular formula is C13H14N2O4. The number of aromatic nitrogens is 2. The third-order valence-corrected chi connectivity index (χ3v) is 2.73. The Labute approximate surface area is 110 Å². The summed E-state index contributed by atoms with van der Waals surface area (Å²) in [7, 11) is 3.24. The van der Waals surface area contributed by atoms with Gasteiger partial charge in [0.05, 0.1) is 13.3 Å². The number of hydrogen-bond acceptors (Lipinski definition) is 4. The minimum atomic E-state index is -1.01. The van der Waals surface area contributed by atoms with Crippen LogP contribution in [0.25, 0.3) is 0 Å². The molecule has 19 heavy (non-hydrogen) atoms. The zero-order chi connectivity index (χ0) is 13.8. The maximum atomic E-state index is 10.9. The molecule has 0 atom stereocenters. The lowest BCUT2D eigenvalue weighted by Gasteiger charge is -2.07. The fourth-order valence-electron chi connectivity index (χ4n) is 1.60. The first kappa shape index (κ1) is 12.9. The number of carbonyl (C=O) groups is 1. The Balaban J connectivity index is 2.03. The summed E-state index contributed by atoms with van der Waals surface area (Å²) in [4.78, 5) is 14.9. The predicted molar refractivity (Wildman–Crippen MR) is 67.5 cm³/mol. The molecule has 0 aliphatic heterocycles. The number of carboxylic acids is 1. The fourth-order valence-corrected chi connectivity index (χ4v) is 1.60. The molecule has 0 saturated heterocycles. The number of rotatable bonds is 5. The Bertz CT molecular complexity index is 575. The normalized spacial score (nSPS) is 10.2. The molecule has 1 aromatic carbocycles. The molecule has 2 rings (SSSR count). The molecule has 0 spiro atoms. The van der Waals surface area contributed by atoms with Gasteiger partial charge in [0.25, 0.3) is 0 Å². The molecule has 100 valence electrons. The summed E-state index contributed by atoms with van der Waals surface area (Å²) in [5, 5.41) is 8.91. The second-order valence-electron chi connectivity index (χ2n) is 3.89. The maximum Gasteiger partial charge on any atom is 0.354 e. The van der Waals surface area contributed by atoms with Crippen molar-refractivity contribution in [3.05, 3.63) is 42.0 Å². The van der Waals surface area contributed by atoms with Crippen molar-refractivity contribution >= 4 is 5.97 Å². The number of hydrogen-bond donors (Lipinski definition) is 1. The first-order valence-corrected chi connectivity index (χ1v) is 5.62. The average Bonchev–Trinajstić information content (AvgIpc) is 2.78. The van der Waals surface area contributed by atoms with Gasteiger partial charge >= 0.3 is 5.97 Å². The highest BCUT2D eigenvalue weighted by Gasteiger charge is 2.12. The summed E-state index contributed by atoms with van der Waals surface area (Å²) >= 11 is 0.